The summed E-state index contributed by atoms with van der Waals surface area (Å²) in [5, 5.41) is 21.1. The van der Waals surface area contributed by atoms with E-state index in [-0.39, 0.29) is 30.7 Å². The Balaban J connectivity index is 0.815. The molecule has 2 aliphatic heterocycles. The lowest BCUT2D eigenvalue weighted by Crippen LogP contribution is -2.48. The molecule has 4 aromatic carbocycles. The minimum atomic E-state index is -0.680. The van der Waals surface area contributed by atoms with Crippen LogP contribution in [0.5, 0.6) is 23.0 Å². The van der Waals surface area contributed by atoms with Gasteiger partial charge in [-0.15, -0.1) is 0 Å². The first-order valence-corrected chi connectivity index (χ1v) is 27.6. The van der Waals surface area contributed by atoms with E-state index >= 15 is 0 Å². The van der Waals surface area contributed by atoms with Gasteiger partial charge in [0.1, 0.15) is 50.1 Å². The fraction of sp³-hybridized carbons (Fsp3) is 0.548. The number of allylic oxidation sites excluding steroid dienone is 1. The van der Waals surface area contributed by atoms with E-state index in [4.69, 9.17) is 35.3 Å². The standard InChI is InChI=1S/C62H75ClN2O7/c1-38(2)9-6-10-39(3)49-18-19-52-51(49)20-21-54-53(52)17-16-46-30-48(23-24-62(46,54)5)72-61(67)56-31-47(66)35-65(56)34-45-28-55(63)59(32-58(45)70-36-42-12-7-11-41(27-42)33-64)71-37-44-13-8-14-50(40(44)4)43-15-22-57-60(29-43)69-26-25-68-57/h7-8,11-16,22,27-29,32,38-39,47-49,51-54,56,66H,6,9-10,17-21,23-26,30-31,34-37H2,1-5H3/t39-,47-,48+,49-,51-,52-,53+,54+,56-,62+/m1/s1. The third-order valence-electron chi connectivity index (χ3n) is 18.2. The second-order valence-corrected chi connectivity index (χ2v) is 23.4. The Kier molecular flexibility index (Phi) is 15.3. The van der Waals surface area contributed by atoms with Crippen LogP contribution in [-0.2, 0) is 29.3 Å². The molecule has 9 nitrogen and oxygen atoms in total. The molecule has 4 fully saturated rings. The van der Waals surface area contributed by atoms with E-state index in [0.29, 0.717) is 60.7 Å². The van der Waals surface area contributed by atoms with Crippen molar-refractivity contribution in [2.24, 2.45) is 46.8 Å². The topological polar surface area (TPSA) is 110 Å². The monoisotopic (exact) mass is 995 g/mol. The van der Waals surface area contributed by atoms with E-state index < -0.39 is 12.1 Å². The van der Waals surface area contributed by atoms with E-state index in [1.54, 1.807) is 6.07 Å². The fourth-order valence-electron chi connectivity index (χ4n) is 14.3. The number of nitriles is 1. The molecule has 0 aromatic heterocycles. The van der Waals surface area contributed by atoms with Gasteiger partial charge in [0.2, 0.25) is 0 Å². The zero-order valence-electron chi connectivity index (χ0n) is 43.2. The number of fused-ring (bicyclic) bond motifs is 6. The molecule has 0 amide bonds. The van der Waals surface area contributed by atoms with Crippen LogP contribution in [0.3, 0.4) is 0 Å². The van der Waals surface area contributed by atoms with E-state index in [1.165, 1.54) is 56.9 Å². The van der Waals surface area contributed by atoms with Gasteiger partial charge in [0.05, 0.1) is 22.8 Å². The second kappa shape index (κ2) is 21.8. The molecule has 0 unspecified atom stereocenters. The van der Waals surface area contributed by atoms with Gasteiger partial charge in [-0.1, -0.05) is 107 Å². The van der Waals surface area contributed by atoms with Crippen molar-refractivity contribution >= 4 is 17.6 Å². The van der Waals surface area contributed by atoms with Gasteiger partial charge in [-0.2, -0.15) is 5.26 Å². The number of hydrogen-bond acceptors (Lipinski definition) is 9. The van der Waals surface area contributed by atoms with Crippen LogP contribution in [0.15, 0.2) is 84.4 Å². The third kappa shape index (κ3) is 10.7. The molecule has 4 aliphatic carbocycles. The van der Waals surface area contributed by atoms with E-state index in [2.05, 4.69) is 58.9 Å². The molecule has 0 spiro atoms. The molecule has 0 radical (unpaired) electrons. The minimum absolute atomic E-state index is 0.172. The number of hydrogen-bond donors (Lipinski definition) is 1. The number of benzene rings is 4. The van der Waals surface area contributed by atoms with Gasteiger partial charge in [-0.25, -0.2) is 0 Å². The van der Waals surface area contributed by atoms with Gasteiger partial charge < -0.3 is 28.8 Å². The zero-order valence-corrected chi connectivity index (χ0v) is 43.9. The van der Waals surface area contributed by atoms with Crippen molar-refractivity contribution in [2.45, 2.75) is 150 Å². The maximum absolute atomic E-state index is 14.3. The van der Waals surface area contributed by atoms with Gasteiger partial charge in [-0.3, -0.25) is 9.69 Å². The van der Waals surface area contributed by atoms with Gasteiger partial charge in [0.25, 0.3) is 0 Å². The molecule has 1 N–H and O–H groups in total. The summed E-state index contributed by atoms with van der Waals surface area (Å²) in [7, 11) is 0. The van der Waals surface area contributed by atoms with Crippen molar-refractivity contribution < 1.29 is 33.6 Å². The summed E-state index contributed by atoms with van der Waals surface area (Å²) in [6.07, 6.45) is 15.5. The summed E-state index contributed by atoms with van der Waals surface area (Å²) in [4.78, 5) is 16.3. The predicted molar refractivity (Wildman–Crippen MR) is 282 cm³/mol. The van der Waals surface area contributed by atoms with Gasteiger partial charge >= 0.3 is 5.97 Å². The van der Waals surface area contributed by atoms with Crippen LogP contribution in [0.1, 0.15) is 133 Å². The molecule has 0 bridgehead atoms. The van der Waals surface area contributed by atoms with Gasteiger partial charge in [-0.05, 0) is 157 Å². The van der Waals surface area contributed by atoms with Gasteiger partial charge in [0.15, 0.2) is 11.5 Å². The summed E-state index contributed by atoms with van der Waals surface area (Å²) in [5.74, 6) is 7.98. The number of nitrogens with zero attached hydrogens (tertiary/aromatic N) is 2. The van der Waals surface area contributed by atoms with Crippen LogP contribution in [-0.4, -0.2) is 54.0 Å². The number of halogens is 1. The Morgan fingerprint density at radius 1 is 0.889 bits per heavy atom. The Morgan fingerprint density at radius 2 is 1.69 bits per heavy atom. The lowest BCUT2D eigenvalue weighted by molar-refractivity contribution is -0.157. The highest BCUT2D eigenvalue weighted by molar-refractivity contribution is 6.32. The Labute approximate surface area is 433 Å². The molecule has 72 heavy (non-hydrogen) atoms. The SMILES string of the molecule is Cc1c(COc2cc(OCc3cccc(C#N)c3)c(CN3C[C@H](O)C[C@@H]3C(=O)O[C@H]3CC[C@@]4(C)C(=CC[C@H]5[C@@H]6CC[C@H]([C@H](C)CCCC(C)C)[C@H]6CC[C@@H]54)C3)cc2Cl)cccc1-c1ccc2c(c1)OCCO2. The molecule has 1 saturated heterocycles. The highest BCUT2D eigenvalue weighted by Crippen LogP contribution is 2.63. The van der Waals surface area contributed by atoms with E-state index in [1.807, 2.05) is 59.5 Å². The zero-order chi connectivity index (χ0) is 50.1. The lowest BCUT2D eigenvalue weighted by atomic mass is 9.50. The van der Waals surface area contributed by atoms with Crippen LogP contribution in [0, 0.1) is 65.1 Å². The van der Waals surface area contributed by atoms with E-state index in [9.17, 15) is 15.2 Å². The summed E-state index contributed by atoms with van der Waals surface area (Å²) >= 11 is 7.07. The van der Waals surface area contributed by atoms with Crippen LogP contribution in [0.4, 0.5) is 0 Å². The third-order valence-corrected chi connectivity index (χ3v) is 18.5. The number of carbonyl (C=O) groups is 1. The first-order valence-electron chi connectivity index (χ1n) is 27.2. The van der Waals surface area contributed by atoms with Crippen LogP contribution < -0.4 is 18.9 Å². The summed E-state index contributed by atoms with van der Waals surface area (Å²) < 4.78 is 31.1. The quantitative estimate of drug-likeness (QED) is 0.0866. The first kappa shape index (κ1) is 50.5. The van der Waals surface area contributed by atoms with Crippen LogP contribution >= 0.6 is 11.6 Å². The van der Waals surface area contributed by atoms with Crippen LogP contribution in [0.25, 0.3) is 11.1 Å². The van der Waals surface area contributed by atoms with Crippen molar-refractivity contribution in [3.63, 3.8) is 0 Å². The number of esters is 1. The lowest BCUT2D eigenvalue weighted by Gasteiger charge is -2.55. The largest absolute Gasteiger partial charge is 0.488 e. The Hall–Kier alpha value is -5.01. The molecule has 6 aliphatic rings. The van der Waals surface area contributed by atoms with Crippen LogP contribution in [0.2, 0.25) is 5.02 Å². The van der Waals surface area contributed by atoms with Gasteiger partial charge in [0, 0.05) is 37.6 Å². The molecule has 10 rings (SSSR count). The van der Waals surface area contributed by atoms with Crippen molar-refractivity contribution in [2.75, 3.05) is 19.8 Å². The number of ether oxygens (including phenoxy) is 5. The molecular formula is C62H75ClN2O7. The number of likely N-dealkylation sites (tertiary alicyclic amines) is 1. The number of aliphatic hydroxyl groups excluding tert-OH is 1. The second-order valence-electron chi connectivity index (χ2n) is 23.0. The first-order chi connectivity index (χ1) is 34.8. The highest BCUT2D eigenvalue weighted by Gasteiger charge is 2.55. The average Bonchev–Trinajstić information content (AvgIpc) is 3.99. The van der Waals surface area contributed by atoms with Crippen molar-refractivity contribution in [3.8, 4) is 40.2 Å². The van der Waals surface area contributed by atoms with E-state index in [0.717, 1.165) is 99.6 Å². The number of rotatable bonds is 16. The smallest absolute Gasteiger partial charge is 0.323 e. The molecule has 10 atom stereocenters. The summed E-state index contributed by atoms with van der Waals surface area (Å²) in [6, 6.07) is 24.8. The highest BCUT2D eigenvalue weighted by atomic mass is 35.5. The Morgan fingerprint density at radius 3 is 2.53 bits per heavy atom. The molecule has 2 heterocycles. The maximum Gasteiger partial charge on any atom is 0.323 e. The van der Waals surface area contributed by atoms with Crippen molar-refractivity contribution in [1.82, 2.24) is 4.90 Å². The molecule has 10 heteroatoms. The maximum atomic E-state index is 14.3. The number of aliphatic hydroxyl groups is 1. The Bertz CT molecular complexity index is 2680. The molecule has 4 aromatic rings. The van der Waals surface area contributed by atoms with Crippen molar-refractivity contribution in [1.29, 1.82) is 5.26 Å². The molecule has 382 valence electrons. The number of carbonyl (C=O) groups excluding carboxylic acids is 1. The minimum Gasteiger partial charge on any atom is -0.488 e. The predicted octanol–water partition coefficient (Wildman–Crippen LogP) is 13.6. The fourth-order valence-corrected chi connectivity index (χ4v) is 14.6. The molecular weight excluding hydrogens is 920 g/mol. The summed E-state index contributed by atoms with van der Waals surface area (Å²) in [6.45, 7) is 14.0. The average molecular weight is 996 g/mol. The number of β-amino-alcohol motifs (C(OH)–C–C–N with tert-alkyl or cyclic N) is 1. The van der Waals surface area contributed by atoms with Crippen molar-refractivity contribution in [3.05, 3.63) is 117 Å². The normalized spacial score (nSPS) is 28.0. The molecule has 3 saturated carbocycles. The summed E-state index contributed by atoms with van der Waals surface area (Å²) in [5.41, 5.74) is 7.99.